The Morgan fingerprint density at radius 1 is 1.03 bits per heavy atom. The molecule has 0 unspecified atom stereocenters. The fourth-order valence-corrected chi connectivity index (χ4v) is 3.70. The lowest BCUT2D eigenvalue weighted by Gasteiger charge is -2.09. The van der Waals surface area contributed by atoms with Crippen LogP contribution in [-0.2, 0) is 17.8 Å². The monoisotopic (exact) mass is 474 g/mol. The van der Waals surface area contributed by atoms with Crippen LogP contribution in [0.5, 0.6) is 17.4 Å². The lowest BCUT2D eigenvalue weighted by molar-refractivity contribution is -0.120. The van der Waals surface area contributed by atoms with Gasteiger partial charge in [0.25, 0.3) is 0 Å². The normalized spacial score (nSPS) is 10.7. The van der Waals surface area contributed by atoms with Gasteiger partial charge in [-0.25, -0.2) is 14.1 Å². The molecule has 4 aromatic rings. The Kier molecular flexibility index (Phi) is 7.40. The molecule has 0 radical (unpaired) electrons. The number of hydrogen-bond donors (Lipinski definition) is 1. The van der Waals surface area contributed by atoms with Gasteiger partial charge in [-0.15, -0.1) is 0 Å². The van der Waals surface area contributed by atoms with E-state index in [1.54, 1.807) is 29.1 Å². The molecule has 0 fully saturated rings. The first kappa shape index (κ1) is 23.9. The molecule has 0 saturated heterocycles. The van der Waals surface area contributed by atoms with Gasteiger partial charge < -0.3 is 14.8 Å². The molecule has 0 saturated carbocycles. The molecule has 180 valence electrons. The van der Waals surface area contributed by atoms with Crippen molar-refractivity contribution < 1.29 is 18.7 Å². The number of ether oxygens (including phenoxy) is 2. The third-order valence-electron chi connectivity index (χ3n) is 5.50. The highest BCUT2D eigenvalue weighted by Crippen LogP contribution is 2.23. The predicted molar refractivity (Wildman–Crippen MR) is 130 cm³/mol. The third kappa shape index (κ3) is 6.03. The first-order valence-electron chi connectivity index (χ1n) is 11.4. The van der Waals surface area contributed by atoms with Crippen molar-refractivity contribution in [1.29, 1.82) is 0 Å². The minimum Gasteiger partial charge on any atom is -0.494 e. The predicted octanol–water partition coefficient (Wildman–Crippen LogP) is 5.07. The van der Waals surface area contributed by atoms with Gasteiger partial charge in [-0.3, -0.25) is 4.79 Å². The van der Waals surface area contributed by atoms with Gasteiger partial charge in [-0.05, 0) is 80.9 Å². The smallest absolute Gasteiger partial charge is 0.224 e. The van der Waals surface area contributed by atoms with Crippen LogP contribution in [0.25, 0.3) is 5.69 Å². The molecule has 0 aliphatic carbocycles. The van der Waals surface area contributed by atoms with Crippen molar-refractivity contribution in [3.63, 3.8) is 0 Å². The summed E-state index contributed by atoms with van der Waals surface area (Å²) < 4.78 is 26.3. The highest BCUT2D eigenvalue weighted by atomic mass is 19.1. The number of hydrogen-bond acceptors (Lipinski definition) is 5. The van der Waals surface area contributed by atoms with Gasteiger partial charge >= 0.3 is 0 Å². The first-order valence-corrected chi connectivity index (χ1v) is 11.4. The number of benzene rings is 2. The summed E-state index contributed by atoms with van der Waals surface area (Å²) in [6.07, 6.45) is 1.84. The number of rotatable bonds is 9. The topological polar surface area (TPSA) is 78.3 Å². The van der Waals surface area contributed by atoms with Crippen molar-refractivity contribution in [2.45, 2.75) is 33.7 Å². The number of carbonyl (C=O) groups excluding carboxylic acids is 1. The maximum atomic E-state index is 13.3. The molecule has 0 spiro atoms. The molecule has 4 rings (SSSR count). The Morgan fingerprint density at radius 2 is 1.74 bits per heavy atom. The average molecular weight is 475 g/mol. The van der Waals surface area contributed by atoms with E-state index in [1.165, 1.54) is 12.1 Å². The fraction of sp³-hybridized carbons (Fsp3) is 0.222. The zero-order valence-electron chi connectivity index (χ0n) is 19.9. The summed E-state index contributed by atoms with van der Waals surface area (Å²) in [5, 5.41) is 7.48. The van der Waals surface area contributed by atoms with E-state index >= 15 is 0 Å². The van der Waals surface area contributed by atoms with Gasteiger partial charge in [0.2, 0.25) is 11.8 Å². The molecular weight excluding hydrogens is 447 g/mol. The SMILES string of the molecule is CCOc1ccc(Oc2cc(CNC(=O)Cc3c(C)nn(-c4ccc(F)cc4)c3C)ccn2)cc1. The maximum Gasteiger partial charge on any atom is 0.224 e. The molecule has 7 nitrogen and oxygen atoms in total. The molecule has 8 heteroatoms. The number of aryl methyl sites for hydroxylation is 1. The van der Waals surface area contributed by atoms with Gasteiger partial charge in [0.05, 0.1) is 24.4 Å². The van der Waals surface area contributed by atoms with Crippen LogP contribution in [0.15, 0.2) is 66.9 Å². The average Bonchev–Trinajstić information content (AvgIpc) is 3.13. The van der Waals surface area contributed by atoms with Crippen molar-refractivity contribution in [1.82, 2.24) is 20.1 Å². The van der Waals surface area contributed by atoms with E-state index in [-0.39, 0.29) is 18.1 Å². The molecule has 35 heavy (non-hydrogen) atoms. The number of halogens is 1. The lowest BCUT2D eigenvalue weighted by atomic mass is 10.1. The number of aromatic nitrogens is 3. The Hall–Kier alpha value is -4.20. The van der Waals surface area contributed by atoms with Crippen molar-refractivity contribution in [3.05, 3.63) is 95.2 Å². The molecule has 1 amide bonds. The maximum absolute atomic E-state index is 13.3. The van der Waals surface area contributed by atoms with Gasteiger partial charge in [0.1, 0.15) is 17.3 Å². The second-order valence-corrected chi connectivity index (χ2v) is 8.00. The highest BCUT2D eigenvalue weighted by Gasteiger charge is 2.16. The van der Waals surface area contributed by atoms with Gasteiger partial charge in [0, 0.05) is 30.1 Å². The minimum atomic E-state index is -0.306. The highest BCUT2D eigenvalue weighted by molar-refractivity contribution is 5.79. The molecule has 0 bridgehead atoms. The first-order chi connectivity index (χ1) is 16.9. The second-order valence-electron chi connectivity index (χ2n) is 8.00. The molecule has 2 aromatic heterocycles. The van der Waals surface area contributed by atoms with Crippen LogP contribution >= 0.6 is 0 Å². The number of amides is 1. The summed E-state index contributed by atoms with van der Waals surface area (Å²) in [7, 11) is 0. The molecule has 1 N–H and O–H groups in total. The van der Waals surface area contributed by atoms with Crippen molar-refractivity contribution >= 4 is 5.91 Å². The summed E-state index contributed by atoms with van der Waals surface area (Å²) in [6, 6.07) is 17.0. The number of nitrogens with zero attached hydrogens (tertiary/aromatic N) is 3. The summed E-state index contributed by atoms with van der Waals surface area (Å²) in [4.78, 5) is 16.9. The molecule has 0 atom stereocenters. The molecule has 0 aliphatic rings. The lowest BCUT2D eigenvalue weighted by Crippen LogP contribution is -2.25. The van der Waals surface area contributed by atoms with Crippen LogP contribution in [0.1, 0.15) is 29.4 Å². The minimum absolute atomic E-state index is 0.124. The zero-order valence-corrected chi connectivity index (χ0v) is 19.9. The Labute approximate surface area is 203 Å². The molecular formula is C27H27FN4O3. The molecule has 2 heterocycles. The van der Waals surface area contributed by atoms with Crippen molar-refractivity contribution in [2.75, 3.05) is 6.61 Å². The van der Waals surface area contributed by atoms with Crippen LogP contribution in [0.4, 0.5) is 4.39 Å². The van der Waals surface area contributed by atoms with E-state index in [4.69, 9.17) is 9.47 Å². The number of carbonyl (C=O) groups is 1. The Bertz CT molecular complexity index is 1300. The molecule has 2 aromatic carbocycles. The zero-order chi connectivity index (χ0) is 24.8. The fourth-order valence-electron chi connectivity index (χ4n) is 3.70. The second kappa shape index (κ2) is 10.8. The van der Waals surface area contributed by atoms with E-state index in [9.17, 15) is 9.18 Å². The third-order valence-corrected chi connectivity index (χ3v) is 5.50. The van der Waals surface area contributed by atoms with E-state index < -0.39 is 0 Å². The van der Waals surface area contributed by atoms with Crippen molar-refractivity contribution in [3.8, 4) is 23.1 Å². The van der Waals surface area contributed by atoms with E-state index in [0.29, 0.717) is 24.8 Å². The van der Waals surface area contributed by atoms with Crippen molar-refractivity contribution in [2.24, 2.45) is 0 Å². The Balaban J connectivity index is 1.36. The van der Waals surface area contributed by atoms with Crippen LogP contribution in [0, 0.1) is 19.7 Å². The van der Waals surface area contributed by atoms with Crippen LogP contribution in [0.3, 0.4) is 0 Å². The van der Waals surface area contributed by atoms with E-state index in [2.05, 4.69) is 15.4 Å². The number of nitrogens with one attached hydrogen (secondary N) is 1. The van der Waals surface area contributed by atoms with Crippen LogP contribution in [-0.4, -0.2) is 27.3 Å². The summed E-state index contributed by atoms with van der Waals surface area (Å²) in [6.45, 7) is 6.64. The standard InChI is InChI=1S/C27H27FN4O3/c1-4-34-23-9-11-24(12-10-23)35-27-15-20(13-14-29-27)17-30-26(33)16-25-18(2)31-32(19(25)3)22-7-5-21(28)6-8-22/h5-15H,4,16-17H2,1-3H3,(H,30,33). The largest absolute Gasteiger partial charge is 0.494 e. The van der Waals surface area contributed by atoms with E-state index in [1.807, 2.05) is 51.1 Å². The van der Waals surface area contributed by atoms with Gasteiger partial charge in [0.15, 0.2) is 0 Å². The van der Waals surface area contributed by atoms with E-state index in [0.717, 1.165) is 34.0 Å². The summed E-state index contributed by atoms with van der Waals surface area (Å²) in [5.41, 5.74) is 4.07. The molecule has 0 aliphatic heterocycles. The van der Waals surface area contributed by atoms with Crippen LogP contribution < -0.4 is 14.8 Å². The Morgan fingerprint density at radius 3 is 2.46 bits per heavy atom. The summed E-state index contributed by atoms with van der Waals surface area (Å²) in [5.74, 6) is 1.43. The van der Waals surface area contributed by atoms with Gasteiger partial charge in [-0.1, -0.05) is 0 Å². The van der Waals surface area contributed by atoms with Gasteiger partial charge in [-0.2, -0.15) is 5.10 Å². The summed E-state index contributed by atoms with van der Waals surface area (Å²) >= 11 is 0. The van der Waals surface area contributed by atoms with Crippen LogP contribution in [0.2, 0.25) is 0 Å². The number of pyridine rings is 1. The quantitative estimate of drug-likeness (QED) is 0.366.